The molecule has 1 amide bonds. The van der Waals surface area contributed by atoms with Crippen LogP contribution in [0.25, 0.3) is 4.96 Å². The van der Waals surface area contributed by atoms with Gasteiger partial charge in [0.15, 0.2) is 4.96 Å². The number of amides is 1. The van der Waals surface area contributed by atoms with Gasteiger partial charge in [0.1, 0.15) is 5.56 Å². The highest BCUT2D eigenvalue weighted by Crippen LogP contribution is 2.25. The van der Waals surface area contributed by atoms with Gasteiger partial charge in [0, 0.05) is 23.8 Å². The molecule has 0 bridgehead atoms. The highest BCUT2D eigenvalue weighted by atomic mass is 32.1. The number of rotatable bonds is 3. The maximum Gasteiger partial charge on any atom is 0.306 e. The molecule has 1 saturated carbocycles. The monoisotopic (exact) mass is 307 g/mol. The SMILES string of the molecule is O=C(NC1CCC(C(=O)O)C1)c1cnc2sccn2c1=O. The van der Waals surface area contributed by atoms with Crippen LogP contribution in [0.5, 0.6) is 0 Å². The van der Waals surface area contributed by atoms with Gasteiger partial charge in [-0.1, -0.05) is 0 Å². The van der Waals surface area contributed by atoms with Crippen molar-refractivity contribution in [2.45, 2.75) is 25.3 Å². The maximum atomic E-state index is 12.2. The summed E-state index contributed by atoms with van der Waals surface area (Å²) in [7, 11) is 0. The zero-order valence-electron chi connectivity index (χ0n) is 11.0. The molecule has 0 aliphatic heterocycles. The van der Waals surface area contributed by atoms with Crippen molar-refractivity contribution in [2.24, 2.45) is 5.92 Å². The number of carboxylic acid groups (broad SMARTS) is 1. The van der Waals surface area contributed by atoms with Gasteiger partial charge in [-0.2, -0.15) is 0 Å². The molecule has 1 aliphatic rings. The molecule has 2 unspecified atom stereocenters. The van der Waals surface area contributed by atoms with Crippen LogP contribution >= 0.6 is 11.3 Å². The smallest absolute Gasteiger partial charge is 0.306 e. The second kappa shape index (κ2) is 5.28. The van der Waals surface area contributed by atoms with E-state index >= 15 is 0 Å². The summed E-state index contributed by atoms with van der Waals surface area (Å²) in [5.74, 6) is -1.76. The number of thiazole rings is 1. The molecule has 2 aromatic heterocycles. The predicted octanol–water partition coefficient (Wildman–Crippen LogP) is 0.739. The lowest BCUT2D eigenvalue weighted by Gasteiger charge is -2.11. The van der Waals surface area contributed by atoms with Gasteiger partial charge in [0.2, 0.25) is 0 Å². The van der Waals surface area contributed by atoms with Crippen LogP contribution in [0.1, 0.15) is 29.6 Å². The Bertz CT molecular complexity index is 766. The molecule has 8 heteroatoms. The Kier molecular flexibility index (Phi) is 3.46. The normalized spacial score (nSPS) is 21.5. The Hall–Kier alpha value is -2.22. The summed E-state index contributed by atoms with van der Waals surface area (Å²) < 4.78 is 1.33. The van der Waals surface area contributed by atoms with Crippen molar-refractivity contribution in [2.75, 3.05) is 0 Å². The topological polar surface area (TPSA) is 101 Å². The van der Waals surface area contributed by atoms with E-state index in [1.54, 1.807) is 11.6 Å². The molecule has 2 heterocycles. The molecule has 0 saturated heterocycles. The summed E-state index contributed by atoms with van der Waals surface area (Å²) in [6, 6.07) is -0.207. The van der Waals surface area contributed by atoms with Crippen LogP contribution in [0.4, 0.5) is 0 Å². The minimum atomic E-state index is -0.840. The summed E-state index contributed by atoms with van der Waals surface area (Å²) in [4.78, 5) is 39.8. The Labute approximate surface area is 123 Å². The Morgan fingerprint density at radius 2 is 2.24 bits per heavy atom. The van der Waals surface area contributed by atoms with Crippen LogP contribution in [-0.2, 0) is 4.79 Å². The Morgan fingerprint density at radius 3 is 2.95 bits per heavy atom. The third-order valence-electron chi connectivity index (χ3n) is 3.70. The van der Waals surface area contributed by atoms with E-state index in [0.29, 0.717) is 24.2 Å². The zero-order chi connectivity index (χ0) is 15.0. The van der Waals surface area contributed by atoms with E-state index < -0.39 is 23.4 Å². The molecule has 0 spiro atoms. The first-order chi connectivity index (χ1) is 10.1. The van der Waals surface area contributed by atoms with Gasteiger partial charge in [0.25, 0.3) is 11.5 Å². The van der Waals surface area contributed by atoms with Gasteiger partial charge in [-0.15, -0.1) is 11.3 Å². The zero-order valence-corrected chi connectivity index (χ0v) is 11.8. The van der Waals surface area contributed by atoms with Gasteiger partial charge < -0.3 is 10.4 Å². The Balaban J connectivity index is 1.77. The number of fused-ring (bicyclic) bond motifs is 1. The van der Waals surface area contributed by atoms with E-state index in [9.17, 15) is 14.4 Å². The molecule has 0 aromatic carbocycles. The summed E-state index contributed by atoms with van der Waals surface area (Å²) in [6.45, 7) is 0. The van der Waals surface area contributed by atoms with Crippen molar-refractivity contribution in [1.29, 1.82) is 0 Å². The summed E-state index contributed by atoms with van der Waals surface area (Å²) >= 11 is 1.31. The molecular formula is C13H13N3O4S. The fourth-order valence-corrected chi connectivity index (χ4v) is 3.26. The van der Waals surface area contributed by atoms with Crippen molar-refractivity contribution in [3.8, 4) is 0 Å². The molecule has 2 atom stereocenters. The first-order valence-corrected chi connectivity index (χ1v) is 7.43. The van der Waals surface area contributed by atoms with Crippen LogP contribution in [-0.4, -0.2) is 32.4 Å². The summed E-state index contributed by atoms with van der Waals surface area (Å²) in [6.07, 6.45) is 4.39. The number of carbonyl (C=O) groups is 2. The van der Waals surface area contributed by atoms with E-state index in [0.717, 1.165) is 0 Å². The highest BCUT2D eigenvalue weighted by Gasteiger charge is 2.31. The lowest BCUT2D eigenvalue weighted by Crippen LogP contribution is -2.37. The second-order valence-corrected chi connectivity index (χ2v) is 5.92. The first-order valence-electron chi connectivity index (χ1n) is 6.55. The number of carboxylic acids is 1. The number of aliphatic carboxylic acids is 1. The number of hydrogen-bond acceptors (Lipinski definition) is 5. The molecule has 110 valence electrons. The van der Waals surface area contributed by atoms with Crippen LogP contribution < -0.4 is 10.9 Å². The number of carbonyl (C=O) groups excluding carboxylic acids is 1. The maximum absolute atomic E-state index is 12.2. The first kappa shape index (κ1) is 13.7. The number of aromatic nitrogens is 2. The quantitative estimate of drug-likeness (QED) is 0.871. The van der Waals surface area contributed by atoms with Gasteiger partial charge in [-0.3, -0.25) is 18.8 Å². The molecule has 2 aromatic rings. The lowest BCUT2D eigenvalue weighted by molar-refractivity contribution is -0.141. The fraction of sp³-hybridized carbons (Fsp3) is 0.385. The third kappa shape index (κ3) is 2.54. The molecule has 3 rings (SSSR count). The van der Waals surface area contributed by atoms with Crippen molar-refractivity contribution in [1.82, 2.24) is 14.7 Å². The standard InChI is InChI=1S/C13H13N3O4S/c17-10(15-8-2-1-7(5-8)12(19)20)9-6-14-13-16(11(9)18)3-4-21-13/h3-4,6-8H,1-2,5H2,(H,15,17)(H,19,20). The molecule has 2 N–H and O–H groups in total. The van der Waals surface area contributed by atoms with Gasteiger partial charge in [-0.25, -0.2) is 4.98 Å². The molecule has 7 nitrogen and oxygen atoms in total. The van der Waals surface area contributed by atoms with Gasteiger partial charge in [0.05, 0.1) is 5.92 Å². The number of nitrogens with zero attached hydrogens (tertiary/aromatic N) is 2. The molecule has 0 radical (unpaired) electrons. The minimum absolute atomic E-state index is 0.0234. The van der Waals surface area contributed by atoms with Crippen LogP contribution in [0.3, 0.4) is 0 Å². The van der Waals surface area contributed by atoms with Crippen LogP contribution in [0.15, 0.2) is 22.6 Å². The molecule has 1 fully saturated rings. The van der Waals surface area contributed by atoms with E-state index in [1.807, 2.05) is 0 Å². The average Bonchev–Trinajstić information content (AvgIpc) is 3.07. The van der Waals surface area contributed by atoms with E-state index in [2.05, 4.69) is 10.3 Å². The molecule has 1 aliphatic carbocycles. The van der Waals surface area contributed by atoms with Crippen molar-refractivity contribution >= 4 is 28.2 Å². The third-order valence-corrected chi connectivity index (χ3v) is 4.48. The van der Waals surface area contributed by atoms with Crippen molar-refractivity contribution in [3.05, 3.63) is 33.7 Å². The number of hydrogen-bond donors (Lipinski definition) is 2. The summed E-state index contributed by atoms with van der Waals surface area (Å²) in [5.41, 5.74) is -0.434. The molecule has 21 heavy (non-hydrogen) atoms. The van der Waals surface area contributed by atoms with Gasteiger partial charge >= 0.3 is 5.97 Å². The lowest BCUT2D eigenvalue weighted by atomic mass is 10.1. The van der Waals surface area contributed by atoms with E-state index in [1.165, 1.54) is 21.9 Å². The fourth-order valence-electron chi connectivity index (χ4n) is 2.58. The predicted molar refractivity (Wildman–Crippen MR) is 75.6 cm³/mol. The minimum Gasteiger partial charge on any atom is -0.481 e. The van der Waals surface area contributed by atoms with E-state index in [-0.39, 0.29) is 11.6 Å². The van der Waals surface area contributed by atoms with Crippen molar-refractivity contribution < 1.29 is 14.7 Å². The van der Waals surface area contributed by atoms with Crippen LogP contribution in [0, 0.1) is 5.92 Å². The highest BCUT2D eigenvalue weighted by molar-refractivity contribution is 7.15. The van der Waals surface area contributed by atoms with Crippen LogP contribution in [0.2, 0.25) is 0 Å². The summed E-state index contributed by atoms with van der Waals surface area (Å²) in [5, 5.41) is 13.4. The number of nitrogens with one attached hydrogen (secondary N) is 1. The van der Waals surface area contributed by atoms with Crippen molar-refractivity contribution in [3.63, 3.8) is 0 Å². The van der Waals surface area contributed by atoms with Gasteiger partial charge in [-0.05, 0) is 19.3 Å². The second-order valence-electron chi connectivity index (χ2n) is 5.05. The van der Waals surface area contributed by atoms with E-state index in [4.69, 9.17) is 5.11 Å². The largest absolute Gasteiger partial charge is 0.481 e. The average molecular weight is 307 g/mol. The molecular weight excluding hydrogens is 294 g/mol. The Morgan fingerprint density at radius 1 is 1.43 bits per heavy atom.